The fourth-order valence-electron chi connectivity index (χ4n) is 5.87. The Morgan fingerprint density at radius 3 is 2.30 bits per heavy atom. The normalized spacial score (nSPS) is 22.2. The van der Waals surface area contributed by atoms with Gasteiger partial charge in [0.2, 0.25) is 17.8 Å². The maximum atomic E-state index is 13.0. The van der Waals surface area contributed by atoms with Crippen molar-refractivity contribution in [1.29, 1.82) is 0 Å². The molecular formula is C31H38N10O3. The van der Waals surface area contributed by atoms with Gasteiger partial charge >= 0.3 is 0 Å². The molecule has 10 N–H and O–H groups in total. The Bertz CT molecular complexity index is 1630. The van der Waals surface area contributed by atoms with Crippen LogP contribution in [0.25, 0.3) is 10.8 Å². The van der Waals surface area contributed by atoms with E-state index in [-0.39, 0.29) is 29.3 Å². The Kier molecular flexibility index (Phi) is 8.44. The van der Waals surface area contributed by atoms with Gasteiger partial charge in [0.05, 0.1) is 11.7 Å². The Hall–Kier alpha value is -4.56. The van der Waals surface area contributed by atoms with E-state index in [0.29, 0.717) is 73.8 Å². The summed E-state index contributed by atoms with van der Waals surface area (Å²) in [5.41, 5.74) is 19.9. The second kappa shape index (κ2) is 12.6. The number of aromatic nitrogens is 3. The van der Waals surface area contributed by atoms with Crippen molar-refractivity contribution in [3.8, 4) is 5.75 Å². The summed E-state index contributed by atoms with van der Waals surface area (Å²) in [6.07, 6.45) is 0.831. The van der Waals surface area contributed by atoms with Gasteiger partial charge in [-0.05, 0) is 55.1 Å². The van der Waals surface area contributed by atoms with E-state index in [1.54, 1.807) is 36.4 Å². The smallest absolute Gasteiger partial charge is 0.259 e. The van der Waals surface area contributed by atoms with Crippen LogP contribution in [0.15, 0.2) is 60.7 Å². The molecule has 6 rings (SSSR count). The van der Waals surface area contributed by atoms with E-state index in [9.17, 15) is 15.0 Å². The van der Waals surface area contributed by atoms with Crippen LogP contribution in [0, 0.1) is 5.92 Å². The zero-order chi connectivity index (χ0) is 30.8. The third-order valence-electron chi connectivity index (χ3n) is 8.23. The number of aromatic hydroxyl groups is 1. The highest BCUT2D eigenvalue weighted by atomic mass is 16.3. The van der Waals surface area contributed by atoms with Gasteiger partial charge in [-0.2, -0.15) is 15.0 Å². The number of rotatable bonds is 7. The predicted octanol–water partition coefficient (Wildman–Crippen LogP) is 1.74. The average molecular weight is 599 g/mol. The second-order valence-corrected chi connectivity index (χ2v) is 11.6. The topological polar surface area (TPSA) is 205 Å². The monoisotopic (exact) mass is 598 g/mol. The molecule has 1 aromatic heterocycles. The minimum absolute atomic E-state index is 0.0584. The standard InChI is InChI=1S/C31H38N10O3/c32-14-19-15-40(12-11-26(19)42)30-37-29(38-31(39-30)41-16-20(33)13-21(34)17-41)36-23-8-6-22(7-9-23)35-28(44)25-10-5-18-3-1-2-4-24(18)27(25)43/h1-10,19-21,26,42-43H,11-17,32-34H2,(H,35,44)(H,36,37,38,39)/t19-,20-,21+,26+/m1/s1. The Balaban J connectivity index is 1.21. The van der Waals surface area contributed by atoms with Crippen LogP contribution < -0.4 is 37.6 Å². The number of fused-ring (bicyclic) bond motifs is 1. The molecule has 0 spiro atoms. The zero-order valence-electron chi connectivity index (χ0n) is 24.3. The predicted molar refractivity (Wildman–Crippen MR) is 171 cm³/mol. The van der Waals surface area contributed by atoms with Gasteiger partial charge in [0, 0.05) is 60.9 Å². The Morgan fingerprint density at radius 1 is 0.886 bits per heavy atom. The van der Waals surface area contributed by atoms with Gasteiger partial charge in [0.25, 0.3) is 5.91 Å². The average Bonchev–Trinajstić information content (AvgIpc) is 3.02. The minimum atomic E-state index is -0.461. The van der Waals surface area contributed by atoms with Crippen molar-refractivity contribution in [2.75, 3.05) is 53.2 Å². The molecule has 2 aliphatic heterocycles. The van der Waals surface area contributed by atoms with Gasteiger partial charge in [-0.15, -0.1) is 0 Å². The van der Waals surface area contributed by atoms with Crippen LogP contribution in [0.5, 0.6) is 5.75 Å². The van der Waals surface area contributed by atoms with Crippen molar-refractivity contribution < 1.29 is 15.0 Å². The zero-order valence-corrected chi connectivity index (χ0v) is 24.3. The van der Waals surface area contributed by atoms with Gasteiger partial charge in [0.1, 0.15) is 5.75 Å². The first-order valence-electron chi connectivity index (χ1n) is 14.8. The molecule has 4 atom stereocenters. The number of phenolic OH excluding ortho intramolecular Hbond substituents is 1. The number of aliphatic hydroxyl groups is 1. The van der Waals surface area contributed by atoms with E-state index in [4.69, 9.17) is 32.2 Å². The number of carbonyl (C=O) groups excluding carboxylic acids is 1. The quantitative estimate of drug-likeness (QED) is 0.162. The molecule has 1 amide bonds. The van der Waals surface area contributed by atoms with Gasteiger partial charge in [0.15, 0.2) is 0 Å². The number of amides is 1. The molecule has 2 fully saturated rings. The number of hydrogen-bond acceptors (Lipinski definition) is 12. The lowest BCUT2D eigenvalue weighted by atomic mass is 9.95. The third-order valence-corrected chi connectivity index (χ3v) is 8.23. The maximum absolute atomic E-state index is 13.0. The molecular weight excluding hydrogens is 560 g/mol. The van der Waals surface area contributed by atoms with Gasteiger partial charge in [-0.3, -0.25) is 4.79 Å². The molecule has 0 bridgehead atoms. The Labute approximate surface area is 255 Å². The van der Waals surface area contributed by atoms with Crippen LogP contribution in [0.2, 0.25) is 0 Å². The Morgan fingerprint density at radius 2 is 1.57 bits per heavy atom. The first kappa shape index (κ1) is 29.5. The molecule has 0 unspecified atom stereocenters. The van der Waals surface area contributed by atoms with Crippen LogP contribution in [-0.4, -0.2) is 82.0 Å². The number of nitrogens with one attached hydrogen (secondary N) is 2. The lowest BCUT2D eigenvalue weighted by Crippen LogP contribution is -2.53. The number of anilines is 5. The molecule has 13 heteroatoms. The van der Waals surface area contributed by atoms with Crippen LogP contribution >= 0.6 is 0 Å². The van der Waals surface area contributed by atoms with Gasteiger partial charge in [-0.25, -0.2) is 0 Å². The van der Waals surface area contributed by atoms with E-state index < -0.39 is 12.0 Å². The second-order valence-electron chi connectivity index (χ2n) is 11.6. The van der Waals surface area contributed by atoms with Crippen LogP contribution in [0.3, 0.4) is 0 Å². The van der Waals surface area contributed by atoms with Crippen molar-refractivity contribution in [2.45, 2.75) is 31.0 Å². The van der Waals surface area contributed by atoms with Crippen molar-refractivity contribution in [3.05, 3.63) is 66.2 Å². The number of aliphatic hydroxyl groups excluding tert-OH is 1. The number of nitrogens with two attached hydrogens (primary N) is 3. The first-order chi connectivity index (χ1) is 21.3. The van der Waals surface area contributed by atoms with Crippen LogP contribution in [0.4, 0.5) is 29.2 Å². The molecule has 0 aliphatic carbocycles. The lowest BCUT2D eigenvalue weighted by molar-refractivity contribution is 0.0916. The summed E-state index contributed by atoms with van der Waals surface area (Å²) in [7, 11) is 0. The molecule has 2 aliphatic rings. The summed E-state index contributed by atoms with van der Waals surface area (Å²) in [5, 5.41) is 28.6. The molecule has 0 radical (unpaired) electrons. The largest absolute Gasteiger partial charge is 0.506 e. The molecule has 230 valence electrons. The maximum Gasteiger partial charge on any atom is 0.259 e. The summed E-state index contributed by atoms with van der Waals surface area (Å²) in [6, 6.07) is 17.7. The van der Waals surface area contributed by atoms with Crippen molar-refractivity contribution in [2.24, 2.45) is 23.1 Å². The van der Waals surface area contributed by atoms with Gasteiger partial charge in [-0.1, -0.05) is 30.3 Å². The summed E-state index contributed by atoms with van der Waals surface area (Å²) in [6.45, 7) is 2.62. The van der Waals surface area contributed by atoms with E-state index in [0.717, 1.165) is 11.8 Å². The number of hydrogen-bond donors (Lipinski definition) is 7. The lowest BCUT2D eigenvalue weighted by Gasteiger charge is -2.37. The number of benzene rings is 3. The molecule has 44 heavy (non-hydrogen) atoms. The van der Waals surface area contributed by atoms with Crippen molar-refractivity contribution >= 4 is 45.9 Å². The number of phenols is 1. The van der Waals surface area contributed by atoms with Crippen LogP contribution in [0.1, 0.15) is 23.2 Å². The number of piperidine rings is 2. The van der Waals surface area contributed by atoms with E-state index in [2.05, 4.69) is 10.6 Å². The summed E-state index contributed by atoms with van der Waals surface area (Å²) >= 11 is 0. The van der Waals surface area contributed by atoms with Crippen LogP contribution in [-0.2, 0) is 0 Å². The van der Waals surface area contributed by atoms with Crippen molar-refractivity contribution in [3.63, 3.8) is 0 Å². The van der Waals surface area contributed by atoms with Crippen molar-refractivity contribution in [1.82, 2.24) is 15.0 Å². The molecule has 0 saturated carbocycles. The minimum Gasteiger partial charge on any atom is -0.506 e. The SMILES string of the molecule is NC[C@@H]1CN(c2nc(Nc3ccc(NC(=O)c4ccc5ccccc5c4O)cc3)nc(N3C[C@H](N)C[C@H](N)C3)n2)CC[C@@H]1O. The molecule has 3 heterocycles. The summed E-state index contributed by atoms with van der Waals surface area (Å²) < 4.78 is 0. The number of nitrogens with zero attached hydrogens (tertiary/aromatic N) is 5. The summed E-state index contributed by atoms with van der Waals surface area (Å²) in [5.74, 6) is 0.729. The molecule has 4 aromatic rings. The first-order valence-corrected chi connectivity index (χ1v) is 14.8. The highest BCUT2D eigenvalue weighted by Gasteiger charge is 2.30. The van der Waals surface area contributed by atoms with E-state index in [1.807, 2.05) is 34.1 Å². The number of carbonyl (C=O) groups is 1. The molecule has 13 nitrogen and oxygen atoms in total. The fraction of sp³-hybridized carbons (Fsp3) is 0.355. The molecule has 2 saturated heterocycles. The van der Waals surface area contributed by atoms with E-state index in [1.165, 1.54) is 0 Å². The highest BCUT2D eigenvalue weighted by molar-refractivity contribution is 6.09. The van der Waals surface area contributed by atoms with E-state index >= 15 is 0 Å². The van der Waals surface area contributed by atoms with Gasteiger partial charge < -0.3 is 47.8 Å². The third kappa shape index (κ3) is 6.36. The summed E-state index contributed by atoms with van der Waals surface area (Å²) in [4.78, 5) is 31.2. The highest BCUT2D eigenvalue weighted by Crippen LogP contribution is 2.30. The fourth-order valence-corrected chi connectivity index (χ4v) is 5.87. The molecule has 3 aromatic carbocycles.